The first-order valence-corrected chi connectivity index (χ1v) is 5.75. The first-order chi connectivity index (χ1) is 6.42. The Bertz CT molecular complexity index is 191. The van der Waals surface area contributed by atoms with E-state index >= 15 is 0 Å². The van der Waals surface area contributed by atoms with Crippen LogP contribution in [-0.4, -0.2) is 53.7 Å². The standard InChI is InChI=1S/C8H16N4S/c1-2-12-8(13-7-10-12)11-5-3-9-4-6-11/h7-9H,2-6H2,1H3. The van der Waals surface area contributed by atoms with Crippen LogP contribution in [0.15, 0.2) is 5.10 Å². The quantitative estimate of drug-likeness (QED) is 0.689. The number of hydrogen-bond acceptors (Lipinski definition) is 5. The zero-order valence-electron chi connectivity index (χ0n) is 7.94. The van der Waals surface area contributed by atoms with E-state index in [1.165, 1.54) is 0 Å². The summed E-state index contributed by atoms with van der Waals surface area (Å²) in [7, 11) is 0. The highest BCUT2D eigenvalue weighted by Gasteiger charge is 2.27. The van der Waals surface area contributed by atoms with Crippen LogP contribution in [0, 0.1) is 0 Å². The highest BCUT2D eigenvalue weighted by Crippen LogP contribution is 2.23. The Balaban J connectivity index is 1.91. The molecule has 0 saturated carbocycles. The Hall–Kier alpha value is -0.260. The van der Waals surface area contributed by atoms with Gasteiger partial charge in [-0.1, -0.05) is 11.8 Å². The van der Waals surface area contributed by atoms with E-state index in [-0.39, 0.29) is 0 Å². The molecule has 1 atom stereocenters. The van der Waals surface area contributed by atoms with Crippen LogP contribution in [0.3, 0.4) is 0 Å². The maximum atomic E-state index is 4.32. The van der Waals surface area contributed by atoms with Crippen LogP contribution in [0.5, 0.6) is 0 Å². The summed E-state index contributed by atoms with van der Waals surface area (Å²) in [5.41, 5.74) is 2.41. The lowest BCUT2D eigenvalue weighted by molar-refractivity contribution is 0.105. The molecule has 2 heterocycles. The molecular formula is C8H16N4S. The molecule has 0 aliphatic carbocycles. The fraction of sp³-hybridized carbons (Fsp3) is 0.875. The number of hydrazone groups is 1. The van der Waals surface area contributed by atoms with Crippen molar-refractivity contribution in [2.45, 2.75) is 12.4 Å². The number of nitrogens with zero attached hydrogens (tertiary/aromatic N) is 3. The molecule has 2 rings (SSSR count). The lowest BCUT2D eigenvalue weighted by Gasteiger charge is -2.35. The molecule has 0 bridgehead atoms. The second kappa shape index (κ2) is 4.30. The molecule has 0 aromatic heterocycles. The molecule has 1 fully saturated rings. The van der Waals surface area contributed by atoms with Gasteiger partial charge in [0, 0.05) is 32.7 Å². The summed E-state index contributed by atoms with van der Waals surface area (Å²) in [4.78, 5) is 2.48. The highest BCUT2D eigenvalue weighted by atomic mass is 32.2. The van der Waals surface area contributed by atoms with Crippen LogP contribution in [0.1, 0.15) is 6.92 Å². The van der Waals surface area contributed by atoms with Gasteiger partial charge >= 0.3 is 0 Å². The smallest absolute Gasteiger partial charge is 0.152 e. The Morgan fingerprint density at radius 2 is 2.31 bits per heavy atom. The molecule has 13 heavy (non-hydrogen) atoms. The molecule has 1 N–H and O–H groups in total. The van der Waals surface area contributed by atoms with Gasteiger partial charge < -0.3 is 5.32 Å². The topological polar surface area (TPSA) is 30.9 Å². The summed E-state index contributed by atoms with van der Waals surface area (Å²) in [6.07, 6.45) is 0. The van der Waals surface area contributed by atoms with Gasteiger partial charge in [0.1, 0.15) is 0 Å². The predicted molar refractivity (Wildman–Crippen MR) is 56.7 cm³/mol. The largest absolute Gasteiger partial charge is 0.314 e. The van der Waals surface area contributed by atoms with Crippen LogP contribution in [0.25, 0.3) is 0 Å². The second-order valence-electron chi connectivity index (χ2n) is 3.22. The van der Waals surface area contributed by atoms with E-state index < -0.39 is 0 Å². The third-order valence-corrected chi connectivity index (χ3v) is 3.42. The fourth-order valence-corrected chi connectivity index (χ4v) is 2.70. The van der Waals surface area contributed by atoms with E-state index in [0.29, 0.717) is 5.50 Å². The molecule has 5 heteroatoms. The van der Waals surface area contributed by atoms with Gasteiger partial charge in [-0.3, -0.25) is 9.91 Å². The van der Waals surface area contributed by atoms with Crippen molar-refractivity contribution < 1.29 is 0 Å². The molecular weight excluding hydrogens is 184 g/mol. The van der Waals surface area contributed by atoms with Crippen LogP contribution in [0.4, 0.5) is 0 Å². The van der Waals surface area contributed by atoms with Gasteiger partial charge in [-0.2, -0.15) is 5.10 Å². The summed E-state index contributed by atoms with van der Waals surface area (Å²) in [6.45, 7) is 7.63. The molecule has 74 valence electrons. The molecule has 1 unspecified atom stereocenters. The number of thioether (sulfide) groups is 1. The Labute approximate surface area is 83.3 Å². The number of piperazine rings is 1. The van der Waals surface area contributed by atoms with E-state index in [4.69, 9.17) is 0 Å². The van der Waals surface area contributed by atoms with Gasteiger partial charge in [0.15, 0.2) is 5.50 Å². The van der Waals surface area contributed by atoms with Crippen molar-refractivity contribution in [2.24, 2.45) is 5.10 Å². The molecule has 4 nitrogen and oxygen atoms in total. The molecule has 0 amide bonds. The zero-order valence-corrected chi connectivity index (χ0v) is 8.76. The maximum absolute atomic E-state index is 4.32. The lowest BCUT2D eigenvalue weighted by atomic mass is 10.4. The maximum Gasteiger partial charge on any atom is 0.152 e. The summed E-state index contributed by atoms with van der Waals surface area (Å²) in [5.74, 6) is 0. The van der Waals surface area contributed by atoms with Crippen molar-refractivity contribution in [1.29, 1.82) is 0 Å². The zero-order chi connectivity index (χ0) is 9.10. The van der Waals surface area contributed by atoms with Gasteiger partial charge in [-0.25, -0.2) is 0 Å². The van der Waals surface area contributed by atoms with E-state index in [2.05, 4.69) is 27.3 Å². The average Bonchev–Trinajstić information content (AvgIpc) is 2.67. The van der Waals surface area contributed by atoms with Crippen molar-refractivity contribution in [3.05, 3.63) is 0 Å². The summed E-state index contributed by atoms with van der Waals surface area (Å²) in [6, 6.07) is 0. The normalized spacial score (nSPS) is 29.9. The number of hydrogen-bond donors (Lipinski definition) is 1. The fourth-order valence-electron chi connectivity index (χ4n) is 1.68. The summed E-state index contributed by atoms with van der Waals surface area (Å²) in [5, 5.41) is 9.83. The predicted octanol–water partition coefficient (Wildman–Crippen LogP) is 0.187. The van der Waals surface area contributed by atoms with Crippen LogP contribution < -0.4 is 5.32 Å². The molecule has 0 radical (unpaired) electrons. The van der Waals surface area contributed by atoms with Gasteiger partial charge in [0.2, 0.25) is 0 Å². The van der Waals surface area contributed by atoms with E-state index in [1.54, 1.807) is 0 Å². The van der Waals surface area contributed by atoms with Gasteiger partial charge in [-0.05, 0) is 6.92 Å². The monoisotopic (exact) mass is 200 g/mol. The number of rotatable bonds is 2. The van der Waals surface area contributed by atoms with Crippen molar-refractivity contribution in [3.63, 3.8) is 0 Å². The van der Waals surface area contributed by atoms with Crippen molar-refractivity contribution in [3.8, 4) is 0 Å². The van der Waals surface area contributed by atoms with Crippen LogP contribution in [0.2, 0.25) is 0 Å². The third-order valence-electron chi connectivity index (χ3n) is 2.42. The second-order valence-corrected chi connectivity index (χ2v) is 4.13. The first-order valence-electron chi connectivity index (χ1n) is 4.81. The van der Waals surface area contributed by atoms with Crippen molar-refractivity contribution in [1.82, 2.24) is 15.2 Å². The molecule has 1 saturated heterocycles. The summed E-state index contributed by atoms with van der Waals surface area (Å²) < 4.78 is 0. The third kappa shape index (κ3) is 1.98. The molecule has 0 spiro atoms. The van der Waals surface area contributed by atoms with E-state index in [9.17, 15) is 0 Å². The van der Waals surface area contributed by atoms with Crippen molar-refractivity contribution in [2.75, 3.05) is 32.7 Å². The minimum absolute atomic E-state index is 0.451. The SMILES string of the molecule is CCN1N=CSC1N1CCNCC1. The minimum atomic E-state index is 0.451. The molecule has 2 aliphatic heterocycles. The minimum Gasteiger partial charge on any atom is -0.314 e. The van der Waals surface area contributed by atoms with Crippen molar-refractivity contribution >= 4 is 17.3 Å². The molecule has 0 aromatic rings. The van der Waals surface area contributed by atoms with Gasteiger partial charge in [0.05, 0.1) is 5.55 Å². The lowest BCUT2D eigenvalue weighted by Crippen LogP contribution is -2.51. The summed E-state index contributed by atoms with van der Waals surface area (Å²) >= 11 is 1.81. The Morgan fingerprint density at radius 3 is 3.00 bits per heavy atom. The van der Waals surface area contributed by atoms with E-state index in [0.717, 1.165) is 32.7 Å². The van der Waals surface area contributed by atoms with E-state index in [1.807, 2.05) is 17.3 Å². The molecule has 2 aliphatic rings. The molecule has 0 aromatic carbocycles. The Kier molecular flexibility index (Phi) is 3.08. The van der Waals surface area contributed by atoms with Crippen LogP contribution in [-0.2, 0) is 0 Å². The van der Waals surface area contributed by atoms with Crippen LogP contribution >= 0.6 is 11.8 Å². The van der Waals surface area contributed by atoms with Gasteiger partial charge in [-0.15, -0.1) is 0 Å². The first kappa shape index (κ1) is 9.30. The average molecular weight is 200 g/mol. The Morgan fingerprint density at radius 1 is 1.54 bits per heavy atom. The van der Waals surface area contributed by atoms with Gasteiger partial charge in [0.25, 0.3) is 0 Å². The highest BCUT2D eigenvalue weighted by molar-refractivity contribution is 8.12. The number of nitrogens with one attached hydrogen (secondary N) is 1.